The van der Waals surface area contributed by atoms with Crippen LogP contribution in [0.25, 0.3) is 0 Å². The third-order valence-electron chi connectivity index (χ3n) is 3.99. The molecule has 0 fully saturated rings. The van der Waals surface area contributed by atoms with Gasteiger partial charge in [0.05, 0.1) is 19.8 Å². The molecule has 3 rings (SSSR count). The topological polar surface area (TPSA) is 69.7 Å². The molecule has 0 saturated carbocycles. The van der Waals surface area contributed by atoms with Crippen molar-refractivity contribution in [2.45, 2.75) is 0 Å². The van der Waals surface area contributed by atoms with Crippen LogP contribution in [0.3, 0.4) is 0 Å². The minimum absolute atomic E-state index is 0.295. The third kappa shape index (κ3) is 5.40. The summed E-state index contributed by atoms with van der Waals surface area (Å²) in [5.41, 5.74) is 1.94. The Labute approximate surface area is 175 Å². The summed E-state index contributed by atoms with van der Waals surface area (Å²) in [5, 5.41) is 2.70. The summed E-state index contributed by atoms with van der Waals surface area (Å²) in [7, 11) is 3.18. The van der Waals surface area contributed by atoms with Crippen molar-refractivity contribution in [3.8, 4) is 34.8 Å². The first kappa shape index (κ1) is 20.5. The van der Waals surface area contributed by atoms with E-state index >= 15 is 0 Å². The van der Waals surface area contributed by atoms with E-state index in [0.717, 1.165) is 5.56 Å². The lowest BCUT2D eigenvalue weighted by molar-refractivity contribution is -0.111. The highest BCUT2D eigenvalue weighted by Gasteiger charge is 2.06. The number of anilines is 1. The lowest BCUT2D eigenvalue weighted by Crippen LogP contribution is -2.06. The number of carbonyl (C=O) groups is 1. The van der Waals surface area contributed by atoms with Gasteiger partial charge in [-0.25, -0.2) is 0 Å². The zero-order valence-corrected chi connectivity index (χ0v) is 16.6. The van der Waals surface area contributed by atoms with Crippen LogP contribution in [-0.4, -0.2) is 25.1 Å². The number of nitrogens with one attached hydrogen (secondary N) is 1. The number of nitrogens with zero attached hydrogens (tertiary/aromatic N) is 1. The number of amides is 1. The monoisotopic (exact) mass is 400 g/mol. The van der Waals surface area contributed by atoms with Crippen molar-refractivity contribution in [2.24, 2.45) is 0 Å². The fourth-order valence-corrected chi connectivity index (χ4v) is 2.54. The predicted molar refractivity (Wildman–Crippen MR) is 115 cm³/mol. The van der Waals surface area contributed by atoms with Crippen LogP contribution in [0, 0.1) is 11.8 Å². The van der Waals surface area contributed by atoms with Crippen LogP contribution < -0.4 is 19.5 Å². The number of hydrogen-bond acceptors (Lipinski definition) is 5. The van der Waals surface area contributed by atoms with Crippen LogP contribution in [0.5, 0.6) is 23.0 Å². The van der Waals surface area contributed by atoms with Gasteiger partial charge in [-0.1, -0.05) is 24.5 Å². The summed E-state index contributed by atoms with van der Waals surface area (Å²) in [6.45, 7) is 3.44. The number of methoxy groups -OCH3 is 2. The van der Waals surface area contributed by atoms with Crippen molar-refractivity contribution >= 4 is 11.6 Å². The standard InChI is InChI=1S/C24H20N2O4/c1-4-24(27)26-19-6-5-7-20(14-19)30-23-10-11-25-16-18(23)9-8-17-12-21(28-2)15-22(13-17)29-3/h4-7,10-16H,1H2,2-3H3,(H,26,27). The van der Waals surface area contributed by atoms with Gasteiger partial charge in [-0.15, -0.1) is 0 Å². The molecule has 0 spiro atoms. The Bertz CT molecular complexity index is 1110. The van der Waals surface area contributed by atoms with Crippen molar-refractivity contribution in [3.63, 3.8) is 0 Å². The van der Waals surface area contributed by atoms with E-state index in [1.165, 1.54) is 6.08 Å². The Morgan fingerprint density at radius 3 is 2.50 bits per heavy atom. The number of pyridine rings is 1. The minimum Gasteiger partial charge on any atom is -0.497 e. The first-order valence-electron chi connectivity index (χ1n) is 9.01. The quantitative estimate of drug-likeness (QED) is 0.490. The van der Waals surface area contributed by atoms with Gasteiger partial charge in [-0.2, -0.15) is 0 Å². The molecule has 1 amide bonds. The fraction of sp³-hybridized carbons (Fsp3) is 0.0833. The Hall–Kier alpha value is -4.24. The highest BCUT2D eigenvalue weighted by molar-refractivity contribution is 5.98. The molecule has 150 valence electrons. The molecule has 0 unspecified atom stereocenters. The third-order valence-corrected chi connectivity index (χ3v) is 3.99. The Kier molecular flexibility index (Phi) is 6.70. The van der Waals surface area contributed by atoms with Crippen molar-refractivity contribution < 1.29 is 19.0 Å². The Morgan fingerprint density at radius 1 is 1.03 bits per heavy atom. The molecule has 0 saturated heterocycles. The van der Waals surface area contributed by atoms with Crippen LogP contribution in [0.4, 0.5) is 5.69 Å². The minimum atomic E-state index is -0.295. The second-order valence-corrected chi connectivity index (χ2v) is 6.05. The molecule has 6 nitrogen and oxygen atoms in total. The van der Waals surface area contributed by atoms with E-state index in [9.17, 15) is 4.79 Å². The molecule has 0 radical (unpaired) electrons. The van der Waals surface area contributed by atoms with Gasteiger partial charge in [-0.3, -0.25) is 9.78 Å². The van der Waals surface area contributed by atoms with Gasteiger partial charge < -0.3 is 19.5 Å². The molecule has 1 heterocycles. The van der Waals surface area contributed by atoms with E-state index in [1.54, 1.807) is 63.0 Å². The lowest BCUT2D eigenvalue weighted by Gasteiger charge is -2.09. The van der Waals surface area contributed by atoms with Crippen LogP contribution in [0.1, 0.15) is 11.1 Å². The van der Waals surface area contributed by atoms with Crippen LogP contribution in [-0.2, 0) is 4.79 Å². The number of aromatic nitrogens is 1. The van der Waals surface area contributed by atoms with Gasteiger partial charge in [0.15, 0.2) is 0 Å². The van der Waals surface area contributed by atoms with E-state index in [-0.39, 0.29) is 5.91 Å². The Balaban J connectivity index is 1.86. The molecule has 0 atom stereocenters. The number of benzene rings is 2. The van der Waals surface area contributed by atoms with Crippen LogP contribution in [0.15, 0.2) is 73.6 Å². The normalized spacial score (nSPS) is 9.67. The summed E-state index contributed by atoms with van der Waals surface area (Å²) >= 11 is 0. The van der Waals surface area contributed by atoms with E-state index < -0.39 is 0 Å². The van der Waals surface area contributed by atoms with Crippen molar-refractivity contribution in [3.05, 3.63) is 84.7 Å². The molecule has 6 heteroatoms. The second kappa shape index (κ2) is 9.80. The smallest absolute Gasteiger partial charge is 0.247 e. The molecule has 1 N–H and O–H groups in total. The number of ether oxygens (including phenoxy) is 3. The lowest BCUT2D eigenvalue weighted by atomic mass is 10.2. The van der Waals surface area contributed by atoms with E-state index in [4.69, 9.17) is 14.2 Å². The van der Waals surface area contributed by atoms with Gasteiger partial charge >= 0.3 is 0 Å². The largest absolute Gasteiger partial charge is 0.497 e. The molecule has 3 aromatic rings. The molecule has 1 aromatic heterocycles. The first-order valence-corrected chi connectivity index (χ1v) is 9.01. The summed E-state index contributed by atoms with van der Waals surface area (Å²) < 4.78 is 16.5. The van der Waals surface area contributed by atoms with Crippen molar-refractivity contribution in [1.29, 1.82) is 0 Å². The summed E-state index contributed by atoms with van der Waals surface area (Å²) in [6, 6.07) is 14.2. The molecule has 2 aromatic carbocycles. The maximum Gasteiger partial charge on any atom is 0.247 e. The van der Waals surface area contributed by atoms with Gasteiger partial charge in [0.2, 0.25) is 5.91 Å². The number of hydrogen-bond donors (Lipinski definition) is 1. The van der Waals surface area contributed by atoms with Gasteiger partial charge in [0.25, 0.3) is 0 Å². The molecule has 30 heavy (non-hydrogen) atoms. The van der Waals surface area contributed by atoms with Crippen LogP contribution >= 0.6 is 0 Å². The van der Waals surface area contributed by atoms with E-state index in [1.807, 2.05) is 12.1 Å². The maximum absolute atomic E-state index is 11.5. The van der Waals surface area contributed by atoms with Gasteiger partial charge in [-0.05, 0) is 30.3 Å². The number of rotatable bonds is 6. The van der Waals surface area contributed by atoms with Crippen molar-refractivity contribution in [1.82, 2.24) is 4.98 Å². The SMILES string of the molecule is C=CC(=O)Nc1cccc(Oc2ccncc2C#Cc2cc(OC)cc(OC)c2)c1. The second-order valence-electron chi connectivity index (χ2n) is 6.05. The van der Waals surface area contributed by atoms with Gasteiger partial charge in [0, 0.05) is 41.8 Å². The first-order chi connectivity index (χ1) is 14.6. The average molecular weight is 400 g/mol. The molecule has 0 aliphatic rings. The van der Waals surface area contributed by atoms with Crippen LogP contribution in [0.2, 0.25) is 0 Å². The summed E-state index contributed by atoms with van der Waals surface area (Å²) in [6.07, 6.45) is 4.46. The zero-order valence-electron chi connectivity index (χ0n) is 16.6. The van der Waals surface area contributed by atoms with E-state index in [2.05, 4.69) is 28.7 Å². The van der Waals surface area contributed by atoms with E-state index in [0.29, 0.717) is 34.2 Å². The fourth-order valence-electron chi connectivity index (χ4n) is 2.54. The summed E-state index contributed by atoms with van der Waals surface area (Å²) in [5.74, 6) is 8.26. The molecular weight excluding hydrogens is 380 g/mol. The molecule has 0 aliphatic carbocycles. The molecular formula is C24H20N2O4. The maximum atomic E-state index is 11.5. The highest BCUT2D eigenvalue weighted by atomic mass is 16.5. The zero-order chi connectivity index (χ0) is 21.3. The molecule has 0 bridgehead atoms. The predicted octanol–water partition coefficient (Wildman–Crippen LogP) is 4.42. The highest BCUT2D eigenvalue weighted by Crippen LogP contribution is 2.27. The average Bonchev–Trinajstić information content (AvgIpc) is 2.78. The molecule has 0 aliphatic heterocycles. The Morgan fingerprint density at radius 2 is 1.80 bits per heavy atom. The van der Waals surface area contributed by atoms with Gasteiger partial charge in [0.1, 0.15) is 23.0 Å². The number of carbonyl (C=O) groups excluding carboxylic acids is 1. The summed E-state index contributed by atoms with van der Waals surface area (Å²) in [4.78, 5) is 15.6. The van der Waals surface area contributed by atoms with Crippen molar-refractivity contribution in [2.75, 3.05) is 19.5 Å².